The quantitative estimate of drug-likeness (QED) is 0.834. The van der Waals surface area contributed by atoms with E-state index in [1.807, 2.05) is 6.07 Å². The Labute approximate surface area is 122 Å². The molecule has 1 aromatic rings. The lowest BCUT2D eigenvalue weighted by Crippen LogP contribution is -2.31. The number of aryl methyl sites for hydroxylation is 1. The van der Waals surface area contributed by atoms with E-state index in [1.54, 1.807) is 7.11 Å². The maximum Gasteiger partial charge on any atom is 0.162 e. The van der Waals surface area contributed by atoms with Gasteiger partial charge in [-0.05, 0) is 26.2 Å². The van der Waals surface area contributed by atoms with Gasteiger partial charge in [-0.25, -0.2) is 9.97 Å². The normalized spacial score (nSPS) is 18.6. The van der Waals surface area contributed by atoms with Crippen LogP contribution in [0.15, 0.2) is 6.07 Å². The highest BCUT2D eigenvalue weighted by Crippen LogP contribution is 2.37. The van der Waals surface area contributed by atoms with Crippen molar-refractivity contribution in [2.75, 3.05) is 19.0 Å². The van der Waals surface area contributed by atoms with Crippen molar-refractivity contribution in [3.8, 4) is 0 Å². The summed E-state index contributed by atoms with van der Waals surface area (Å²) in [5, 5.41) is 3.31. The van der Waals surface area contributed by atoms with E-state index in [9.17, 15) is 0 Å². The average molecular weight is 277 g/mol. The minimum absolute atomic E-state index is 0.286. The number of aromatic nitrogens is 2. The summed E-state index contributed by atoms with van der Waals surface area (Å²) in [5.74, 6) is 1.80. The van der Waals surface area contributed by atoms with E-state index in [-0.39, 0.29) is 5.60 Å². The fourth-order valence-corrected chi connectivity index (χ4v) is 2.97. The molecule has 0 amide bonds. The van der Waals surface area contributed by atoms with Gasteiger partial charge in [-0.3, -0.25) is 0 Å². The highest BCUT2D eigenvalue weighted by atomic mass is 16.5. The third-order valence-corrected chi connectivity index (χ3v) is 4.21. The monoisotopic (exact) mass is 277 g/mol. The number of methoxy groups -OCH3 is 1. The zero-order valence-electron chi connectivity index (χ0n) is 13.0. The molecule has 1 saturated carbocycles. The molecule has 1 fully saturated rings. The van der Waals surface area contributed by atoms with Crippen LogP contribution in [0.25, 0.3) is 0 Å². The van der Waals surface area contributed by atoms with Gasteiger partial charge in [0.25, 0.3) is 0 Å². The van der Waals surface area contributed by atoms with Crippen molar-refractivity contribution in [2.24, 2.45) is 0 Å². The fraction of sp³-hybridized carbons (Fsp3) is 0.750. The summed E-state index contributed by atoms with van der Waals surface area (Å²) in [6.07, 6.45) is 7.96. The molecule has 0 radical (unpaired) electrons. The van der Waals surface area contributed by atoms with Gasteiger partial charge in [0.2, 0.25) is 0 Å². The Morgan fingerprint density at radius 2 is 1.85 bits per heavy atom. The molecule has 1 heterocycles. The molecule has 1 aliphatic rings. The Balaban J connectivity index is 2.38. The number of hydrogen-bond acceptors (Lipinski definition) is 4. The third-order valence-electron chi connectivity index (χ3n) is 4.21. The van der Waals surface area contributed by atoms with E-state index in [1.165, 1.54) is 25.7 Å². The van der Waals surface area contributed by atoms with Crippen molar-refractivity contribution in [1.29, 1.82) is 0 Å². The predicted octanol–water partition coefficient (Wildman–Crippen LogP) is 3.67. The minimum Gasteiger partial charge on any atom is -0.370 e. The number of rotatable bonds is 5. The molecule has 112 valence electrons. The second-order valence-corrected chi connectivity index (χ2v) is 5.56. The molecular weight excluding hydrogens is 250 g/mol. The van der Waals surface area contributed by atoms with Crippen LogP contribution >= 0.6 is 0 Å². The SMILES string of the molecule is CCNc1cc(CC)nc(C2(OC)CCCCCC2)n1. The molecule has 0 unspecified atom stereocenters. The summed E-state index contributed by atoms with van der Waals surface area (Å²) < 4.78 is 5.92. The number of anilines is 1. The Morgan fingerprint density at radius 1 is 1.15 bits per heavy atom. The van der Waals surface area contributed by atoms with Crippen LogP contribution in [0.3, 0.4) is 0 Å². The van der Waals surface area contributed by atoms with E-state index < -0.39 is 0 Å². The maximum atomic E-state index is 5.92. The van der Waals surface area contributed by atoms with Crippen molar-refractivity contribution in [1.82, 2.24) is 9.97 Å². The summed E-state index contributed by atoms with van der Waals surface area (Å²) >= 11 is 0. The summed E-state index contributed by atoms with van der Waals surface area (Å²) in [6.45, 7) is 5.10. The third kappa shape index (κ3) is 3.29. The first-order chi connectivity index (χ1) is 9.74. The first-order valence-corrected chi connectivity index (χ1v) is 7.91. The van der Waals surface area contributed by atoms with Gasteiger partial charge in [-0.15, -0.1) is 0 Å². The van der Waals surface area contributed by atoms with E-state index in [2.05, 4.69) is 19.2 Å². The van der Waals surface area contributed by atoms with Crippen LogP contribution in [0, 0.1) is 0 Å². The van der Waals surface area contributed by atoms with Crippen molar-refractivity contribution >= 4 is 5.82 Å². The van der Waals surface area contributed by atoms with Crippen molar-refractivity contribution in [2.45, 2.75) is 64.4 Å². The second-order valence-electron chi connectivity index (χ2n) is 5.56. The number of nitrogens with zero attached hydrogens (tertiary/aromatic N) is 2. The van der Waals surface area contributed by atoms with Crippen LogP contribution in [0.1, 0.15) is 63.9 Å². The van der Waals surface area contributed by atoms with Crippen LogP contribution in [-0.4, -0.2) is 23.6 Å². The molecule has 0 saturated heterocycles. The number of hydrogen-bond donors (Lipinski definition) is 1. The van der Waals surface area contributed by atoms with Gasteiger partial charge < -0.3 is 10.1 Å². The Morgan fingerprint density at radius 3 is 2.40 bits per heavy atom. The smallest absolute Gasteiger partial charge is 0.162 e. The summed E-state index contributed by atoms with van der Waals surface area (Å²) in [7, 11) is 1.81. The van der Waals surface area contributed by atoms with E-state index in [0.29, 0.717) is 0 Å². The van der Waals surface area contributed by atoms with Crippen LogP contribution in [0.4, 0.5) is 5.82 Å². The lowest BCUT2D eigenvalue weighted by atomic mass is 9.93. The van der Waals surface area contributed by atoms with Crippen LogP contribution in [-0.2, 0) is 16.8 Å². The Hall–Kier alpha value is -1.16. The second kappa shape index (κ2) is 7.02. The van der Waals surface area contributed by atoms with Crippen LogP contribution < -0.4 is 5.32 Å². The van der Waals surface area contributed by atoms with Crippen LogP contribution in [0.2, 0.25) is 0 Å². The summed E-state index contributed by atoms with van der Waals surface area (Å²) in [4.78, 5) is 9.50. The first kappa shape index (κ1) is 15.2. The fourth-order valence-electron chi connectivity index (χ4n) is 2.97. The van der Waals surface area contributed by atoms with E-state index >= 15 is 0 Å². The molecule has 1 aromatic heterocycles. The molecular formula is C16H27N3O. The van der Waals surface area contributed by atoms with Gasteiger partial charge in [0.05, 0.1) is 0 Å². The highest BCUT2D eigenvalue weighted by Gasteiger charge is 2.36. The Kier molecular flexibility index (Phi) is 5.35. The zero-order chi connectivity index (χ0) is 14.4. The van der Waals surface area contributed by atoms with Gasteiger partial charge in [-0.1, -0.05) is 32.6 Å². The standard InChI is InChI=1S/C16H27N3O/c1-4-13-12-14(17-5-2)19-15(18-13)16(20-3)10-8-6-7-9-11-16/h12H,4-11H2,1-3H3,(H,17,18,19). The average Bonchev–Trinajstić information content (AvgIpc) is 2.73. The van der Waals surface area contributed by atoms with Gasteiger partial charge in [-0.2, -0.15) is 0 Å². The lowest BCUT2D eigenvalue weighted by molar-refractivity contribution is -0.0352. The van der Waals surface area contributed by atoms with Gasteiger partial charge in [0, 0.05) is 25.4 Å². The molecule has 0 aromatic carbocycles. The Bertz CT molecular complexity index is 426. The predicted molar refractivity (Wildman–Crippen MR) is 82.0 cm³/mol. The van der Waals surface area contributed by atoms with Crippen molar-refractivity contribution in [3.05, 3.63) is 17.6 Å². The molecule has 0 atom stereocenters. The molecule has 0 spiro atoms. The van der Waals surface area contributed by atoms with Gasteiger partial charge in [0.15, 0.2) is 5.82 Å². The maximum absolute atomic E-state index is 5.92. The molecule has 0 aliphatic heterocycles. The molecule has 4 heteroatoms. The van der Waals surface area contributed by atoms with Gasteiger partial charge in [0.1, 0.15) is 11.4 Å². The first-order valence-electron chi connectivity index (χ1n) is 7.91. The highest BCUT2D eigenvalue weighted by molar-refractivity contribution is 5.36. The molecule has 2 rings (SSSR count). The lowest BCUT2D eigenvalue weighted by Gasteiger charge is -2.30. The molecule has 1 N–H and O–H groups in total. The van der Waals surface area contributed by atoms with Gasteiger partial charge >= 0.3 is 0 Å². The largest absolute Gasteiger partial charge is 0.370 e. The van der Waals surface area contributed by atoms with E-state index in [0.717, 1.165) is 43.1 Å². The zero-order valence-corrected chi connectivity index (χ0v) is 13.0. The number of ether oxygens (including phenoxy) is 1. The van der Waals surface area contributed by atoms with Crippen molar-refractivity contribution < 1.29 is 4.74 Å². The van der Waals surface area contributed by atoms with E-state index in [4.69, 9.17) is 14.7 Å². The topological polar surface area (TPSA) is 47.0 Å². The molecule has 4 nitrogen and oxygen atoms in total. The summed E-state index contributed by atoms with van der Waals surface area (Å²) in [6, 6.07) is 2.05. The summed E-state index contributed by atoms with van der Waals surface area (Å²) in [5.41, 5.74) is 0.804. The molecule has 20 heavy (non-hydrogen) atoms. The molecule has 1 aliphatic carbocycles. The van der Waals surface area contributed by atoms with Crippen LogP contribution in [0.5, 0.6) is 0 Å². The van der Waals surface area contributed by atoms with Crippen molar-refractivity contribution in [3.63, 3.8) is 0 Å². The number of nitrogens with one attached hydrogen (secondary N) is 1. The minimum atomic E-state index is -0.286. The molecule has 0 bridgehead atoms.